The van der Waals surface area contributed by atoms with Crippen LogP contribution in [0.1, 0.15) is 59.8 Å². The molecule has 0 aliphatic rings. The van der Waals surface area contributed by atoms with E-state index in [0.717, 1.165) is 12.3 Å². The molecule has 0 aromatic carbocycles. The van der Waals surface area contributed by atoms with E-state index in [1.165, 1.54) is 25.7 Å². The molecule has 2 unspecified atom stereocenters. The summed E-state index contributed by atoms with van der Waals surface area (Å²) in [6, 6.07) is 0.217. The summed E-state index contributed by atoms with van der Waals surface area (Å²) in [6.07, 6.45) is 6.60. The van der Waals surface area contributed by atoms with Crippen LogP contribution in [0.2, 0.25) is 0 Å². The van der Waals surface area contributed by atoms with Crippen LogP contribution in [0.15, 0.2) is 0 Å². The topological polar surface area (TPSA) is 35.2 Å². The molecule has 0 saturated heterocycles. The Hall–Kier alpha value is -0.0800. The SMILES string of the molecule is CCCCC(CC)CC(N)COC(C)C. The fraction of sp³-hybridized carbons (Fsp3) is 1.00. The minimum Gasteiger partial charge on any atom is -0.377 e. The molecule has 0 heterocycles. The Morgan fingerprint density at radius 1 is 1.20 bits per heavy atom. The third-order valence-corrected chi connectivity index (χ3v) is 2.82. The summed E-state index contributed by atoms with van der Waals surface area (Å²) in [5.41, 5.74) is 6.05. The van der Waals surface area contributed by atoms with Crippen LogP contribution in [-0.2, 0) is 4.74 Å². The Morgan fingerprint density at radius 2 is 1.87 bits per heavy atom. The molecular formula is C13H29NO. The Kier molecular flexibility index (Phi) is 9.12. The van der Waals surface area contributed by atoms with Crippen LogP contribution >= 0.6 is 0 Å². The zero-order valence-corrected chi connectivity index (χ0v) is 11.0. The van der Waals surface area contributed by atoms with E-state index in [-0.39, 0.29) is 6.04 Å². The van der Waals surface area contributed by atoms with E-state index in [0.29, 0.717) is 12.7 Å². The first-order valence-electron chi connectivity index (χ1n) is 6.47. The number of rotatable bonds is 9. The van der Waals surface area contributed by atoms with Gasteiger partial charge < -0.3 is 10.5 Å². The zero-order valence-electron chi connectivity index (χ0n) is 11.0. The van der Waals surface area contributed by atoms with E-state index < -0.39 is 0 Å². The quantitative estimate of drug-likeness (QED) is 0.640. The van der Waals surface area contributed by atoms with Crippen molar-refractivity contribution in [3.05, 3.63) is 0 Å². The third-order valence-electron chi connectivity index (χ3n) is 2.82. The lowest BCUT2D eigenvalue weighted by Gasteiger charge is -2.20. The van der Waals surface area contributed by atoms with Crippen LogP contribution in [-0.4, -0.2) is 18.8 Å². The average Bonchev–Trinajstić information content (AvgIpc) is 2.21. The zero-order chi connectivity index (χ0) is 11.7. The molecule has 0 saturated carbocycles. The van der Waals surface area contributed by atoms with Gasteiger partial charge in [0.2, 0.25) is 0 Å². The van der Waals surface area contributed by atoms with Gasteiger partial charge in [0, 0.05) is 6.04 Å². The smallest absolute Gasteiger partial charge is 0.0621 e. The maximum atomic E-state index is 6.05. The van der Waals surface area contributed by atoms with Gasteiger partial charge in [0.1, 0.15) is 0 Å². The van der Waals surface area contributed by atoms with E-state index in [9.17, 15) is 0 Å². The van der Waals surface area contributed by atoms with E-state index in [1.807, 2.05) is 0 Å². The largest absolute Gasteiger partial charge is 0.377 e. The maximum Gasteiger partial charge on any atom is 0.0621 e. The Labute approximate surface area is 95.6 Å². The maximum absolute atomic E-state index is 6.05. The molecule has 0 amide bonds. The van der Waals surface area contributed by atoms with Crippen LogP contribution in [0.5, 0.6) is 0 Å². The monoisotopic (exact) mass is 215 g/mol. The van der Waals surface area contributed by atoms with Crippen LogP contribution < -0.4 is 5.73 Å². The highest BCUT2D eigenvalue weighted by molar-refractivity contribution is 4.67. The molecule has 0 rings (SSSR count). The molecule has 0 radical (unpaired) electrons. The van der Waals surface area contributed by atoms with Gasteiger partial charge in [-0.05, 0) is 26.2 Å². The standard InChI is InChI=1S/C13H29NO/c1-5-7-8-12(6-2)9-13(14)10-15-11(3)4/h11-13H,5-10,14H2,1-4H3. The lowest BCUT2D eigenvalue weighted by Crippen LogP contribution is -2.30. The molecule has 15 heavy (non-hydrogen) atoms. The molecule has 0 aliphatic heterocycles. The normalized spacial score (nSPS) is 15.6. The fourth-order valence-electron chi connectivity index (χ4n) is 1.79. The summed E-state index contributed by atoms with van der Waals surface area (Å²) in [7, 11) is 0. The Balaban J connectivity index is 3.64. The molecule has 2 N–H and O–H groups in total. The van der Waals surface area contributed by atoms with Crippen molar-refractivity contribution >= 4 is 0 Å². The second kappa shape index (κ2) is 9.17. The summed E-state index contributed by atoms with van der Waals surface area (Å²) in [6.45, 7) is 9.33. The predicted octanol–water partition coefficient (Wildman–Crippen LogP) is 3.35. The first-order valence-corrected chi connectivity index (χ1v) is 6.47. The van der Waals surface area contributed by atoms with Crippen molar-refractivity contribution in [1.29, 1.82) is 0 Å². The molecule has 0 aromatic rings. The molecule has 2 nitrogen and oxygen atoms in total. The van der Waals surface area contributed by atoms with E-state index >= 15 is 0 Å². The van der Waals surface area contributed by atoms with Crippen molar-refractivity contribution in [2.45, 2.75) is 71.9 Å². The second-order valence-electron chi connectivity index (χ2n) is 4.79. The summed E-state index contributed by atoms with van der Waals surface area (Å²) in [5, 5.41) is 0. The number of unbranched alkanes of at least 4 members (excludes halogenated alkanes) is 1. The van der Waals surface area contributed by atoms with E-state index in [4.69, 9.17) is 10.5 Å². The minimum absolute atomic E-state index is 0.217. The third kappa shape index (κ3) is 8.88. The van der Waals surface area contributed by atoms with E-state index in [1.54, 1.807) is 0 Å². The van der Waals surface area contributed by atoms with Crippen LogP contribution in [0.4, 0.5) is 0 Å². The van der Waals surface area contributed by atoms with Gasteiger partial charge in [-0.1, -0.05) is 39.5 Å². The van der Waals surface area contributed by atoms with Gasteiger partial charge in [0.25, 0.3) is 0 Å². The molecule has 0 aromatic heterocycles. The fourth-order valence-corrected chi connectivity index (χ4v) is 1.79. The summed E-state index contributed by atoms with van der Waals surface area (Å²) in [4.78, 5) is 0. The van der Waals surface area contributed by atoms with Gasteiger partial charge in [-0.2, -0.15) is 0 Å². The summed E-state index contributed by atoms with van der Waals surface area (Å²) >= 11 is 0. The van der Waals surface area contributed by atoms with Gasteiger partial charge in [-0.15, -0.1) is 0 Å². The first kappa shape index (κ1) is 14.9. The van der Waals surface area contributed by atoms with Crippen molar-refractivity contribution in [3.63, 3.8) is 0 Å². The van der Waals surface area contributed by atoms with Gasteiger partial charge in [0.15, 0.2) is 0 Å². The van der Waals surface area contributed by atoms with Crippen molar-refractivity contribution in [2.24, 2.45) is 11.7 Å². The second-order valence-corrected chi connectivity index (χ2v) is 4.79. The van der Waals surface area contributed by atoms with Gasteiger partial charge >= 0.3 is 0 Å². The Bertz CT molecular complexity index is 136. The first-order chi connectivity index (χ1) is 7.10. The van der Waals surface area contributed by atoms with Crippen molar-refractivity contribution in [1.82, 2.24) is 0 Å². The van der Waals surface area contributed by atoms with Gasteiger partial charge in [-0.3, -0.25) is 0 Å². The van der Waals surface area contributed by atoms with Crippen LogP contribution in [0.25, 0.3) is 0 Å². The molecule has 2 heteroatoms. The van der Waals surface area contributed by atoms with Crippen LogP contribution in [0, 0.1) is 5.92 Å². The lowest BCUT2D eigenvalue weighted by molar-refractivity contribution is 0.0633. The number of hydrogen-bond donors (Lipinski definition) is 1. The summed E-state index contributed by atoms with van der Waals surface area (Å²) < 4.78 is 5.53. The average molecular weight is 215 g/mol. The van der Waals surface area contributed by atoms with Crippen LogP contribution in [0.3, 0.4) is 0 Å². The molecule has 0 aliphatic carbocycles. The molecule has 0 spiro atoms. The molecule has 92 valence electrons. The highest BCUT2D eigenvalue weighted by Crippen LogP contribution is 2.18. The number of hydrogen-bond acceptors (Lipinski definition) is 2. The lowest BCUT2D eigenvalue weighted by atomic mass is 9.92. The van der Waals surface area contributed by atoms with Crippen molar-refractivity contribution < 1.29 is 4.74 Å². The minimum atomic E-state index is 0.217. The molecular weight excluding hydrogens is 186 g/mol. The Morgan fingerprint density at radius 3 is 2.33 bits per heavy atom. The predicted molar refractivity (Wildman–Crippen MR) is 67.0 cm³/mol. The van der Waals surface area contributed by atoms with E-state index in [2.05, 4.69) is 27.7 Å². The summed E-state index contributed by atoms with van der Waals surface area (Å²) in [5.74, 6) is 0.788. The molecule has 0 fully saturated rings. The number of nitrogens with two attached hydrogens (primary N) is 1. The molecule has 0 bridgehead atoms. The van der Waals surface area contributed by atoms with Gasteiger partial charge in [0.05, 0.1) is 12.7 Å². The molecule has 2 atom stereocenters. The highest BCUT2D eigenvalue weighted by atomic mass is 16.5. The van der Waals surface area contributed by atoms with Crippen molar-refractivity contribution in [2.75, 3.05) is 6.61 Å². The van der Waals surface area contributed by atoms with Crippen molar-refractivity contribution in [3.8, 4) is 0 Å². The highest BCUT2D eigenvalue weighted by Gasteiger charge is 2.12. The number of ether oxygens (including phenoxy) is 1. The van der Waals surface area contributed by atoms with Gasteiger partial charge in [-0.25, -0.2) is 0 Å².